The molecule has 2 heterocycles. The predicted molar refractivity (Wildman–Crippen MR) is 129 cm³/mol. The highest BCUT2D eigenvalue weighted by atomic mass is 32.1. The molecule has 0 saturated carbocycles. The largest absolute Gasteiger partial charge is 0.361 e. The summed E-state index contributed by atoms with van der Waals surface area (Å²) < 4.78 is 4.05. The molecule has 4 aromatic rings. The first-order valence-electron chi connectivity index (χ1n) is 11.0. The number of amides is 1. The lowest BCUT2D eigenvalue weighted by Gasteiger charge is -2.29. The molecule has 33 heavy (non-hydrogen) atoms. The maximum Gasteiger partial charge on any atom is 0.267 e. The van der Waals surface area contributed by atoms with E-state index in [9.17, 15) is 4.79 Å². The minimum Gasteiger partial charge on any atom is -0.361 e. The minimum absolute atomic E-state index is 0.311. The summed E-state index contributed by atoms with van der Waals surface area (Å²) in [5.74, 6) is -0.534. The Kier molecular flexibility index (Phi) is 6.30. The number of hydroxylamine groups is 1. The number of benzene rings is 2. The number of carbonyl (C=O) groups excluding carboxylic acids is 1. The van der Waals surface area contributed by atoms with Gasteiger partial charge in [0.2, 0.25) is 0 Å². The van der Waals surface area contributed by atoms with Crippen molar-refractivity contribution < 1.29 is 10.0 Å². The van der Waals surface area contributed by atoms with Crippen molar-refractivity contribution in [3.8, 4) is 0 Å². The lowest BCUT2D eigenvalue weighted by molar-refractivity contribution is -0.124. The lowest BCUT2D eigenvalue weighted by atomic mass is 10.0. The predicted octanol–water partition coefficient (Wildman–Crippen LogP) is 4.27. The first kappa shape index (κ1) is 21.5. The zero-order valence-electron chi connectivity index (χ0n) is 18.1. The Morgan fingerprint density at radius 2 is 2.21 bits per heavy atom. The fourth-order valence-electron chi connectivity index (χ4n) is 4.72. The number of aromatic nitrogens is 3. The maximum absolute atomic E-state index is 11.3. The molecule has 1 atom stereocenters. The van der Waals surface area contributed by atoms with E-state index in [1.54, 1.807) is 11.6 Å². The number of hydrogen-bond acceptors (Lipinski definition) is 6. The number of fused-ring (bicyclic) bond motifs is 2. The average molecular weight is 460 g/mol. The highest BCUT2D eigenvalue weighted by Gasteiger charge is 2.28. The summed E-state index contributed by atoms with van der Waals surface area (Å²) in [5, 5.41) is 16.3. The van der Waals surface area contributed by atoms with Crippen molar-refractivity contribution in [3.63, 3.8) is 0 Å². The van der Waals surface area contributed by atoms with Crippen LogP contribution in [0.3, 0.4) is 0 Å². The van der Waals surface area contributed by atoms with Crippen LogP contribution in [0.2, 0.25) is 0 Å². The SMILES string of the molecule is O=C(C=Cc1ccc2c(c1)CCC2N(CCc1c[nH]c2ccccc12)Cc1csnn1)NO. The van der Waals surface area contributed by atoms with Crippen molar-refractivity contribution in [2.75, 3.05) is 6.54 Å². The second-order valence-corrected chi connectivity index (χ2v) is 8.91. The molecule has 7 nitrogen and oxygen atoms in total. The molecule has 5 rings (SSSR count). The molecular weight excluding hydrogens is 434 g/mol. The molecule has 0 fully saturated rings. The third-order valence-electron chi connectivity index (χ3n) is 6.30. The molecule has 0 bridgehead atoms. The number of rotatable bonds is 8. The van der Waals surface area contributed by atoms with E-state index in [2.05, 4.69) is 62.1 Å². The number of aryl methyl sites for hydroxylation is 1. The topological polar surface area (TPSA) is 94.1 Å². The van der Waals surface area contributed by atoms with Gasteiger partial charge >= 0.3 is 0 Å². The Labute approximate surface area is 195 Å². The summed E-state index contributed by atoms with van der Waals surface area (Å²) in [7, 11) is 0. The number of H-pyrrole nitrogens is 1. The van der Waals surface area contributed by atoms with E-state index in [-0.39, 0.29) is 0 Å². The van der Waals surface area contributed by atoms with Gasteiger partial charge in [0.15, 0.2) is 0 Å². The molecule has 0 saturated heterocycles. The van der Waals surface area contributed by atoms with E-state index in [1.165, 1.54) is 45.2 Å². The van der Waals surface area contributed by atoms with Crippen LogP contribution in [0, 0.1) is 0 Å². The molecule has 168 valence electrons. The summed E-state index contributed by atoms with van der Waals surface area (Å²) in [6.45, 7) is 1.68. The Morgan fingerprint density at radius 1 is 1.30 bits per heavy atom. The van der Waals surface area contributed by atoms with Gasteiger partial charge in [-0.15, -0.1) is 5.10 Å². The second-order valence-electron chi connectivity index (χ2n) is 8.30. The molecule has 0 aliphatic heterocycles. The number of carbonyl (C=O) groups is 1. The van der Waals surface area contributed by atoms with Crippen molar-refractivity contribution in [3.05, 3.63) is 88.1 Å². The van der Waals surface area contributed by atoms with Gasteiger partial charge in [0.25, 0.3) is 5.91 Å². The van der Waals surface area contributed by atoms with E-state index in [0.717, 1.165) is 43.6 Å². The first-order valence-corrected chi connectivity index (χ1v) is 11.8. The van der Waals surface area contributed by atoms with Crippen LogP contribution in [0.4, 0.5) is 0 Å². The van der Waals surface area contributed by atoms with Crippen LogP contribution in [0.5, 0.6) is 0 Å². The standard InChI is InChI=1S/C25H25N5O2S/c31-25(28-32)10-6-17-5-8-22-18(13-17)7-9-24(22)30(15-20-16-33-29-27-20)12-11-19-14-26-23-4-2-1-3-21(19)23/h1-6,8,10,13-14,16,24,26,32H,7,9,11-12,15H2,(H,28,31). The van der Waals surface area contributed by atoms with E-state index in [0.29, 0.717) is 6.04 Å². The Morgan fingerprint density at radius 3 is 3.06 bits per heavy atom. The average Bonchev–Trinajstić information content (AvgIpc) is 3.60. The summed E-state index contributed by atoms with van der Waals surface area (Å²) in [5.41, 5.74) is 8.71. The van der Waals surface area contributed by atoms with Crippen molar-refractivity contribution in [2.45, 2.75) is 31.8 Å². The normalized spacial score (nSPS) is 15.5. The molecule has 2 aromatic heterocycles. The molecule has 0 spiro atoms. The second kappa shape index (κ2) is 9.66. The van der Waals surface area contributed by atoms with Gasteiger partial charge in [0, 0.05) is 47.7 Å². The van der Waals surface area contributed by atoms with Gasteiger partial charge in [-0.2, -0.15) is 0 Å². The summed E-state index contributed by atoms with van der Waals surface area (Å²) in [6, 6.07) is 15.1. The maximum atomic E-state index is 11.3. The van der Waals surface area contributed by atoms with Gasteiger partial charge in [0.05, 0.1) is 5.69 Å². The number of nitrogens with zero attached hydrogens (tertiary/aromatic N) is 3. The van der Waals surface area contributed by atoms with Crippen molar-refractivity contribution in [2.24, 2.45) is 0 Å². The fraction of sp³-hybridized carbons (Fsp3) is 0.240. The van der Waals surface area contributed by atoms with Crippen LogP contribution >= 0.6 is 11.5 Å². The summed E-state index contributed by atoms with van der Waals surface area (Å²) in [4.78, 5) is 17.2. The van der Waals surface area contributed by atoms with Crippen molar-refractivity contribution in [1.29, 1.82) is 0 Å². The number of para-hydroxylation sites is 1. The van der Waals surface area contributed by atoms with Crippen molar-refractivity contribution >= 4 is 34.4 Å². The fourth-order valence-corrected chi connectivity index (χ4v) is 5.16. The third-order valence-corrected chi connectivity index (χ3v) is 6.86. The van der Waals surface area contributed by atoms with Crippen LogP contribution in [0.1, 0.15) is 40.4 Å². The Hall–Kier alpha value is -3.33. The highest BCUT2D eigenvalue weighted by molar-refractivity contribution is 7.03. The number of hydrogen-bond donors (Lipinski definition) is 3. The van der Waals surface area contributed by atoms with E-state index >= 15 is 0 Å². The van der Waals surface area contributed by atoms with Crippen molar-refractivity contribution in [1.82, 2.24) is 25.0 Å². The monoisotopic (exact) mass is 459 g/mol. The summed E-state index contributed by atoms with van der Waals surface area (Å²) in [6.07, 6.45) is 8.16. The minimum atomic E-state index is -0.534. The third kappa shape index (κ3) is 4.73. The smallest absolute Gasteiger partial charge is 0.267 e. The zero-order chi connectivity index (χ0) is 22.6. The van der Waals surface area contributed by atoms with E-state index < -0.39 is 5.91 Å². The summed E-state index contributed by atoms with van der Waals surface area (Å²) >= 11 is 1.39. The molecule has 3 N–H and O–H groups in total. The Bertz CT molecular complexity index is 1280. The molecule has 0 radical (unpaired) electrons. The van der Waals surface area contributed by atoms with Gasteiger partial charge in [-0.05, 0) is 65.2 Å². The van der Waals surface area contributed by atoms with Crippen LogP contribution in [0.15, 0.2) is 60.1 Å². The van der Waals surface area contributed by atoms with Gasteiger partial charge in [0.1, 0.15) is 0 Å². The lowest BCUT2D eigenvalue weighted by Crippen LogP contribution is -2.29. The molecule has 1 aliphatic carbocycles. The molecule has 8 heteroatoms. The van der Waals surface area contributed by atoms with E-state index in [1.807, 2.05) is 11.4 Å². The quantitative estimate of drug-likeness (QED) is 0.208. The van der Waals surface area contributed by atoms with Gasteiger partial charge in [-0.25, -0.2) is 5.48 Å². The highest BCUT2D eigenvalue weighted by Crippen LogP contribution is 2.37. The van der Waals surface area contributed by atoms with Crippen LogP contribution < -0.4 is 5.48 Å². The first-order chi connectivity index (χ1) is 16.2. The van der Waals surface area contributed by atoms with Gasteiger partial charge < -0.3 is 4.98 Å². The molecular formula is C25H25N5O2S. The Balaban J connectivity index is 1.37. The number of aromatic amines is 1. The molecule has 2 aromatic carbocycles. The van der Waals surface area contributed by atoms with E-state index in [4.69, 9.17) is 5.21 Å². The van der Waals surface area contributed by atoms with Gasteiger partial charge in [-0.3, -0.25) is 14.9 Å². The molecule has 1 unspecified atom stereocenters. The molecule has 1 amide bonds. The van der Waals surface area contributed by atoms with Crippen LogP contribution in [-0.2, 0) is 24.2 Å². The van der Waals surface area contributed by atoms with Crippen LogP contribution in [-0.4, -0.2) is 37.1 Å². The van der Waals surface area contributed by atoms with Gasteiger partial charge in [-0.1, -0.05) is 40.9 Å². The number of nitrogens with one attached hydrogen (secondary N) is 2. The van der Waals surface area contributed by atoms with Crippen LogP contribution in [0.25, 0.3) is 17.0 Å². The molecule has 1 aliphatic rings. The zero-order valence-corrected chi connectivity index (χ0v) is 18.9.